The average Bonchev–Trinajstić information content (AvgIpc) is 1.89. The molecule has 1 nitrogen and oxygen atoms in total. The molecule has 0 aliphatic rings. The van der Waals surface area contributed by atoms with Crippen molar-refractivity contribution >= 4 is 6.08 Å². The first kappa shape index (κ1) is 9.62. The van der Waals surface area contributed by atoms with Crippen LogP contribution in [-0.2, 0) is 7.05 Å². The molecule has 0 aliphatic heterocycles. The monoisotopic (exact) mass is 247 g/mol. The van der Waals surface area contributed by atoms with Crippen molar-refractivity contribution in [3.8, 4) is 0 Å². The van der Waals surface area contributed by atoms with Crippen LogP contribution >= 0.6 is 0 Å². The number of halogens is 1. The van der Waals surface area contributed by atoms with Gasteiger partial charge in [-0.15, -0.1) is 0 Å². The lowest BCUT2D eigenvalue weighted by Crippen LogP contribution is -3.00. The van der Waals surface area contributed by atoms with E-state index in [1.807, 2.05) is 42.1 Å². The minimum absolute atomic E-state index is 0. The summed E-state index contributed by atoms with van der Waals surface area (Å²) in [5, 5.41) is 0. The molecule has 0 bridgehead atoms. The fourth-order valence-electron chi connectivity index (χ4n) is 0.749. The molecular formula is C8H10IN. The Bertz CT molecular complexity index is 220. The second kappa shape index (κ2) is 4.44. The first-order valence-corrected chi connectivity index (χ1v) is 2.91. The topological polar surface area (TPSA) is 3.88 Å². The number of nitrogens with zero attached hydrogens (tertiary/aromatic N) is 1. The highest BCUT2D eigenvalue weighted by atomic mass is 127. The molecule has 1 aromatic heterocycles. The number of hydrogen-bond acceptors (Lipinski definition) is 0. The molecule has 0 fully saturated rings. The zero-order chi connectivity index (χ0) is 6.69. The van der Waals surface area contributed by atoms with Crippen LogP contribution in [0.5, 0.6) is 0 Å². The van der Waals surface area contributed by atoms with Gasteiger partial charge in [-0.3, -0.25) is 0 Å². The maximum atomic E-state index is 3.67. The number of rotatable bonds is 1. The second-order valence-electron chi connectivity index (χ2n) is 1.94. The summed E-state index contributed by atoms with van der Waals surface area (Å²) < 4.78 is 2.02. The summed E-state index contributed by atoms with van der Waals surface area (Å²) in [6.45, 7) is 3.67. The van der Waals surface area contributed by atoms with Crippen LogP contribution in [0, 0.1) is 0 Å². The van der Waals surface area contributed by atoms with Crippen LogP contribution in [-0.4, -0.2) is 0 Å². The van der Waals surface area contributed by atoms with E-state index >= 15 is 0 Å². The summed E-state index contributed by atoms with van der Waals surface area (Å²) in [4.78, 5) is 0. The zero-order valence-corrected chi connectivity index (χ0v) is 8.08. The van der Waals surface area contributed by atoms with E-state index in [1.54, 1.807) is 0 Å². The van der Waals surface area contributed by atoms with E-state index in [2.05, 4.69) is 6.58 Å². The summed E-state index contributed by atoms with van der Waals surface area (Å²) >= 11 is 0. The van der Waals surface area contributed by atoms with E-state index < -0.39 is 0 Å². The largest absolute Gasteiger partial charge is 1.00 e. The molecule has 10 heavy (non-hydrogen) atoms. The predicted molar refractivity (Wildman–Crippen MR) is 37.7 cm³/mol. The highest BCUT2D eigenvalue weighted by Gasteiger charge is 1.94. The van der Waals surface area contributed by atoms with Gasteiger partial charge in [-0.25, -0.2) is 4.57 Å². The maximum absolute atomic E-state index is 3.67. The van der Waals surface area contributed by atoms with Gasteiger partial charge in [0, 0.05) is 18.2 Å². The van der Waals surface area contributed by atoms with E-state index in [4.69, 9.17) is 0 Å². The molecule has 0 spiro atoms. The van der Waals surface area contributed by atoms with Crippen LogP contribution < -0.4 is 28.5 Å². The summed E-state index contributed by atoms with van der Waals surface area (Å²) in [5.74, 6) is 0. The smallest absolute Gasteiger partial charge is 0.204 e. The lowest BCUT2D eigenvalue weighted by atomic mass is 10.3. The quantitative estimate of drug-likeness (QED) is 0.405. The van der Waals surface area contributed by atoms with Crippen molar-refractivity contribution in [1.29, 1.82) is 0 Å². The minimum atomic E-state index is 0. The van der Waals surface area contributed by atoms with E-state index in [-0.39, 0.29) is 24.0 Å². The Morgan fingerprint density at radius 3 is 2.60 bits per heavy atom. The lowest BCUT2D eigenvalue weighted by molar-refractivity contribution is -0.673. The Kier molecular flexibility index (Phi) is 4.27. The molecule has 0 amide bonds. The number of aromatic nitrogens is 1. The van der Waals surface area contributed by atoms with Crippen molar-refractivity contribution in [2.24, 2.45) is 7.05 Å². The Morgan fingerprint density at radius 1 is 1.50 bits per heavy atom. The normalized spacial score (nSPS) is 8.10. The van der Waals surface area contributed by atoms with E-state index in [0.29, 0.717) is 0 Å². The van der Waals surface area contributed by atoms with Crippen molar-refractivity contribution in [2.75, 3.05) is 0 Å². The number of pyridine rings is 1. The molecule has 1 heterocycles. The third-order valence-electron chi connectivity index (χ3n) is 1.30. The van der Waals surface area contributed by atoms with E-state index in [9.17, 15) is 0 Å². The Labute approximate surface area is 78.4 Å². The first-order valence-electron chi connectivity index (χ1n) is 2.91. The average molecular weight is 247 g/mol. The molecule has 1 rings (SSSR count). The summed E-state index contributed by atoms with van der Waals surface area (Å²) in [6.07, 6.45) is 3.83. The van der Waals surface area contributed by atoms with E-state index in [0.717, 1.165) is 5.69 Å². The Morgan fingerprint density at radius 2 is 2.20 bits per heavy atom. The molecule has 0 radical (unpaired) electrons. The van der Waals surface area contributed by atoms with Crippen LogP contribution in [0.2, 0.25) is 0 Å². The summed E-state index contributed by atoms with van der Waals surface area (Å²) in [6, 6.07) is 6.01. The van der Waals surface area contributed by atoms with Crippen LogP contribution in [0.25, 0.3) is 6.08 Å². The summed E-state index contributed by atoms with van der Waals surface area (Å²) in [5.41, 5.74) is 1.14. The van der Waals surface area contributed by atoms with Crippen molar-refractivity contribution in [1.82, 2.24) is 0 Å². The fraction of sp³-hybridized carbons (Fsp3) is 0.125. The van der Waals surface area contributed by atoms with Gasteiger partial charge in [-0.1, -0.05) is 6.58 Å². The molecule has 54 valence electrons. The molecule has 0 saturated carbocycles. The molecule has 2 heteroatoms. The van der Waals surface area contributed by atoms with Gasteiger partial charge in [0.15, 0.2) is 6.20 Å². The molecule has 1 aromatic rings. The van der Waals surface area contributed by atoms with Crippen molar-refractivity contribution in [3.63, 3.8) is 0 Å². The Balaban J connectivity index is 0.000000810. The highest BCUT2D eigenvalue weighted by molar-refractivity contribution is 5.36. The third-order valence-corrected chi connectivity index (χ3v) is 1.30. The van der Waals surface area contributed by atoms with Gasteiger partial charge < -0.3 is 24.0 Å². The van der Waals surface area contributed by atoms with Gasteiger partial charge in [0.05, 0.1) is 0 Å². The van der Waals surface area contributed by atoms with Crippen LogP contribution in [0.1, 0.15) is 5.69 Å². The van der Waals surface area contributed by atoms with Crippen LogP contribution in [0.15, 0.2) is 31.0 Å². The highest BCUT2D eigenvalue weighted by Crippen LogP contribution is 1.89. The van der Waals surface area contributed by atoms with Gasteiger partial charge >= 0.3 is 0 Å². The van der Waals surface area contributed by atoms with Gasteiger partial charge in [-0.2, -0.15) is 0 Å². The van der Waals surface area contributed by atoms with Gasteiger partial charge in [0.1, 0.15) is 7.05 Å². The van der Waals surface area contributed by atoms with Crippen LogP contribution in [0.4, 0.5) is 0 Å². The van der Waals surface area contributed by atoms with Gasteiger partial charge in [-0.05, 0) is 6.07 Å². The molecule has 0 N–H and O–H groups in total. The summed E-state index contributed by atoms with van der Waals surface area (Å²) in [7, 11) is 2.00. The first-order chi connectivity index (χ1) is 4.34. The van der Waals surface area contributed by atoms with Crippen molar-refractivity contribution in [3.05, 3.63) is 36.7 Å². The van der Waals surface area contributed by atoms with Gasteiger partial charge in [0.2, 0.25) is 5.69 Å². The second-order valence-corrected chi connectivity index (χ2v) is 1.94. The van der Waals surface area contributed by atoms with Crippen molar-refractivity contribution in [2.45, 2.75) is 0 Å². The molecule has 0 aromatic carbocycles. The predicted octanol–water partition coefficient (Wildman–Crippen LogP) is -1.84. The Hall–Kier alpha value is -0.380. The molecule has 0 atom stereocenters. The number of aryl methyl sites for hydroxylation is 1. The minimum Gasteiger partial charge on any atom is -1.00 e. The third kappa shape index (κ3) is 2.10. The van der Waals surface area contributed by atoms with E-state index in [1.165, 1.54) is 0 Å². The standard InChI is InChI=1S/C8H10N.HI/c1-3-8-6-4-5-7-9(8)2;/h3-7H,1H2,2H3;1H/q+1;/p-1. The van der Waals surface area contributed by atoms with Gasteiger partial charge in [0.25, 0.3) is 0 Å². The fourth-order valence-corrected chi connectivity index (χ4v) is 0.749. The zero-order valence-electron chi connectivity index (χ0n) is 5.92. The molecule has 0 unspecified atom stereocenters. The molecular weight excluding hydrogens is 237 g/mol. The SMILES string of the molecule is C=Cc1cccc[n+]1C.[I-]. The molecule has 0 saturated heterocycles. The number of hydrogen-bond donors (Lipinski definition) is 0. The lowest BCUT2D eigenvalue weighted by Gasteiger charge is -1.88. The maximum Gasteiger partial charge on any atom is 0.204 e. The van der Waals surface area contributed by atoms with Crippen LogP contribution in [0.3, 0.4) is 0 Å². The van der Waals surface area contributed by atoms with Crippen molar-refractivity contribution < 1.29 is 28.5 Å². The molecule has 0 aliphatic carbocycles.